The van der Waals surface area contributed by atoms with E-state index in [0.717, 1.165) is 30.7 Å². The molecule has 2 N–H and O–H groups in total. The Kier molecular flexibility index (Phi) is 4.43. The van der Waals surface area contributed by atoms with Crippen LogP contribution in [0.3, 0.4) is 0 Å². The molecule has 0 bridgehead atoms. The second-order valence-corrected chi connectivity index (χ2v) is 5.22. The molecule has 1 aromatic carbocycles. The van der Waals surface area contributed by atoms with Crippen LogP contribution >= 0.6 is 0 Å². The highest BCUT2D eigenvalue weighted by Gasteiger charge is 2.21. The molecule has 1 amide bonds. The predicted molar refractivity (Wildman–Crippen MR) is 75.0 cm³/mol. The van der Waals surface area contributed by atoms with Crippen LogP contribution in [0.5, 0.6) is 5.75 Å². The highest BCUT2D eigenvalue weighted by molar-refractivity contribution is 5.76. The van der Waals surface area contributed by atoms with Crippen molar-refractivity contribution < 1.29 is 9.53 Å². The summed E-state index contributed by atoms with van der Waals surface area (Å²) in [6.45, 7) is 3.39. The van der Waals surface area contributed by atoms with Crippen LogP contribution in [0.1, 0.15) is 30.4 Å². The molecule has 0 aliphatic carbocycles. The van der Waals surface area contributed by atoms with Gasteiger partial charge in [0.05, 0.1) is 7.11 Å². The van der Waals surface area contributed by atoms with Crippen LogP contribution in [0.2, 0.25) is 0 Å². The van der Waals surface area contributed by atoms with Crippen molar-refractivity contribution in [3.05, 3.63) is 29.3 Å². The van der Waals surface area contributed by atoms with Crippen LogP contribution in [0, 0.1) is 6.92 Å². The fourth-order valence-corrected chi connectivity index (χ4v) is 2.46. The Balaban J connectivity index is 2.15. The molecule has 1 aliphatic rings. The monoisotopic (exact) mass is 262 g/mol. The molecule has 1 heterocycles. The summed E-state index contributed by atoms with van der Waals surface area (Å²) in [6, 6.07) is 6.20. The van der Waals surface area contributed by atoms with E-state index in [4.69, 9.17) is 10.5 Å². The molecule has 4 heteroatoms. The quantitative estimate of drug-likeness (QED) is 0.904. The Morgan fingerprint density at radius 2 is 2.21 bits per heavy atom. The molecule has 2 rings (SSSR count). The Hall–Kier alpha value is -1.55. The lowest BCUT2D eigenvalue weighted by Gasteiger charge is -2.22. The number of hydrogen-bond acceptors (Lipinski definition) is 3. The van der Waals surface area contributed by atoms with Crippen molar-refractivity contribution in [3.63, 3.8) is 0 Å². The summed E-state index contributed by atoms with van der Waals surface area (Å²) in [5, 5.41) is 0. The molecule has 104 valence electrons. The van der Waals surface area contributed by atoms with Gasteiger partial charge in [0, 0.05) is 31.1 Å². The smallest absolute Gasteiger partial charge is 0.222 e. The van der Waals surface area contributed by atoms with Gasteiger partial charge in [0.1, 0.15) is 5.75 Å². The van der Waals surface area contributed by atoms with Crippen LogP contribution in [-0.2, 0) is 11.3 Å². The van der Waals surface area contributed by atoms with Gasteiger partial charge < -0.3 is 15.4 Å². The van der Waals surface area contributed by atoms with E-state index in [1.54, 1.807) is 7.11 Å². The van der Waals surface area contributed by atoms with Gasteiger partial charge >= 0.3 is 0 Å². The maximum absolute atomic E-state index is 12.1. The second-order valence-electron chi connectivity index (χ2n) is 5.22. The Morgan fingerprint density at radius 1 is 1.42 bits per heavy atom. The highest BCUT2D eigenvalue weighted by atomic mass is 16.5. The van der Waals surface area contributed by atoms with Gasteiger partial charge in [-0.15, -0.1) is 0 Å². The van der Waals surface area contributed by atoms with E-state index >= 15 is 0 Å². The van der Waals surface area contributed by atoms with E-state index in [0.29, 0.717) is 13.0 Å². The van der Waals surface area contributed by atoms with Crippen LogP contribution in [0.15, 0.2) is 18.2 Å². The lowest BCUT2D eigenvalue weighted by atomic mass is 10.1. The molecule has 1 atom stereocenters. The second kappa shape index (κ2) is 6.06. The SMILES string of the molecule is COc1ccc(C)cc1CN1CCC(N)CCC1=O. The summed E-state index contributed by atoms with van der Waals surface area (Å²) in [7, 11) is 1.66. The molecule has 1 fully saturated rings. The predicted octanol–water partition coefficient (Wildman–Crippen LogP) is 1.84. The van der Waals surface area contributed by atoms with Gasteiger partial charge in [0.2, 0.25) is 5.91 Å². The molecule has 1 saturated heterocycles. The van der Waals surface area contributed by atoms with Crippen molar-refractivity contribution >= 4 is 5.91 Å². The van der Waals surface area contributed by atoms with Crippen molar-refractivity contribution in [1.29, 1.82) is 0 Å². The Bertz CT molecular complexity index is 459. The summed E-state index contributed by atoms with van der Waals surface area (Å²) < 4.78 is 5.37. The largest absolute Gasteiger partial charge is 0.496 e. The minimum absolute atomic E-state index is 0.147. The third-order valence-electron chi connectivity index (χ3n) is 3.65. The fourth-order valence-electron chi connectivity index (χ4n) is 2.46. The number of hydrogen-bond donors (Lipinski definition) is 1. The van der Waals surface area contributed by atoms with Crippen LogP contribution in [-0.4, -0.2) is 30.5 Å². The molecule has 1 aromatic rings. The molecule has 1 aliphatic heterocycles. The number of likely N-dealkylation sites (tertiary alicyclic amines) is 1. The van der Waals surface area contributed by atoms with Crippen molar-refractivity contribution in [2.75, 3.05) is 13.7 Å². The first-order valence-corrected chi connectivity index (χ1v) is 6.77. The summed E-state index contributed by atoms with van der Waals surface area (Å²) in [5.74, 6) is 1.03. The van der Waals surface area contributed by atoms with Crippen LogP contribution < -0.4 is 10.5 Å². The van der Waals surface area contributed by atoms with Gasteiger partial charge in [-0.3, -0.25) is 4.79 Å². The van der Waals surface area contributed by atoms with Gasteiger partial charge in [-0.25, -0.2) is 0 Å². The fraction of sp³-hybridized carbons (Fsp3) is 0.533. The number of carbonyl (C=O) groups is 1. The molecule has 4 nitrogen and oxygen atoms in total. The summed E-state index contributed by atoms with van der Waals surface area (Å²) in [6.07, 6.45) is 2.22. The van der Waals surface area contributed by atoms with Gasteiger partial charge in [-0.2, -0.15) is 0 Å². The van der Waals surface area contributed by atoms with E-state index in [1.807, 2.05) is 24.0 Å². The highest BCUT2D eigenvalue weighted by Crippen LogP contribution is 2.23. The lowest BCUT2D eigenvalue weighted by molar-refractivity contribution is -0.131. The zero-order valence-electron chi connectivity index (χ0n) is 11.7. The number of nitrogens with two attached hydrogens (primary N) is 1. The van der Waals surface area contributed by atoms with Crippen molar-refractivity contribution in [3.8, 4) is 5.75 Å². The first-order valence-electron chi connectivity index (χ1n) is 6.77. The van der Waals surface area contributed by atoms with E-state index in [2.05, 4.69) is 6.07 Å². The topological polar surface area (TPSA) is 55.6 Å². The van der Waals surface area contributed by atoms with Gasteiger partial charge in [-0.1, -0.05) is 17.7 Å². The molecular formula is C15H22N2O2. The molecule has 19 heavy (non-hydrogen) atoms. The summed E-state index contributed by atoms with van der Waals surface area (Å²) in [4.78, 5) is 14.0. The zero-order chi connectivity index (χ0) is 13.8. The molecule has 0 aromatic heterocycles. The normalized spacial score (nSPS) is 20.3. The van der Waals surface area contributed by atoms with E-state index in [-0.39, 0.29) is 11.9 Å². The molecular weight excluding hydrogens is 240 g/mol. The minimum atomic E-state index is 0.147. The standard InChI is InChI=1S/C15H22N2O2/c1-11-3-5-14(19-2)12(9-11)10-17-8-7-13(16)4-6-15(17)18/h3,5,9,13H,4,6-8,10,16H2,1-2H3. The van der Waals surface area contributed by atoms with E-state index < -0.39 is 0 Å². The number of benzene rings is 1. The Morgan fingerprint density at radius 3 is 2.95 bits per heavy atom. The summed E-state index contributed by atoms with van der Waals surface area (Å²) >= 11 is 0. The number of nitrogens with zero attached hydrogens (tertiary/aromatic N) is 1. The van der Waals surface area contributed by atoms with Crippen molar-refractivity contribution in [2.45, 2.75) is 38.8 Å². The number of amides is 1. The van der Waals surface area contributed by atoms with Gasteiger partial charge in [0.25, 0.3) is 0 Å². The van der Waals surface area contributed by atoms with Gasteiger partial charge in [-0.05, 0) is 25.8 Å². The first-order chi connectivity index (χ1) is 9.10. The maximum atomic E-state index is 12.1. The average Bonchev–Trinajstić information content (AvgIpc) is 2.54. The Labute approximate surface area is 114 Å². The minimum Gasteiger partial charge on any atom is -0.496 e. The number of rotatable bonds is 3. The lowest BCUT2D eigenvalue weighted by Crippen LogP contribution is -2.30. The molecule has 0 radical (unpaired) electrons. The third kappa shape index (κ3) is 3.47. The molecule has 0 spiro atoms. The van der Waals surface area contributed by atoms with Crippen molar-refractivity contribution in [1.82, 2.24) is 4.90 Å². The number of ether oxygens (including phenoxy) is 1. The van der Waals surface area contributed by atoms with E-state index in [1.165, 1.54) is 5.56 Å². The van der Waals surface area contributed by atoms with Crippen molar-refractivity contribution in [2.24, 2.45) is 5.73 Å². The average molecular weight is 262 g/mol. The zero-order valence-corrected chi connectivity index (χ0v) is 11.7. The van der Waals surface area contributed by atoms with Gasteiger partial charge in [0.15, 0.2) is 0 Å². The first kappa shape index (κ1) is 13.9. The summed E-state index contributed by atoms with van der Waals surface area (Å²) in [5.41, 5.74) is 8.17. The van der Waals surface area contributed by atoms with Crippen LogP contribution in [0.25, 0.3) is 0 Å². The maximum Gasteiger partial charge on any atom is 0.222 e. The molecule has 1 unspecified atom stereocenters. The van der Waals surface area contributed by atoms with E-state index in [9.17, 15) is 4.79 Å². The number of methoxy groups -OCH3 is 1. The third-order valence-corrected chi connectivity index (χ3v) is 3.65. The number of carbonyl (C=O) groups excluding carboxylic acids is 1. The number of aryl methyl sites for hydroxylation is 1. The molecule has 0 saturated carbocycles. The van der Waals surface area contributed by atoms with Crippen LogP contribution in [0.4, 0.5) is 0 Å².